The zero-order valence-electron chi connectivity index (χ0n) is 36.9. The second-order valence-corrected chi connectivity index (χ2v) is 17.2. The molecule has 10 aromatic carbocycles. The molecule has 0 fully saturated rings. The molecule has 3 heterocycles. The lowest BCUT2D eigenvalue weighted by molar-refractivity contribution is 0.953. The Morgan fingerprint density at radius 1 is 0.250 bits per heavy atom. The molecule has 0 bridgehead atoms. The lowest BCUT2D eigenvalue weighted by Gasteiger charge is -2.17. The molecule has 0 spiro atoms. The van der Waals surface area contributed by atoms with Gasteiger partial charge in [-0.25, -0.2) is 4.98 Å². The van der Waals surface area contributed by atoms with Gasteiger partial charge in [-0.2, -0.15) is 9.97 Å². The molecule has 5 nitrogen and oxygen atoms in total. The molecule has 0 N–H and O–H groups in total. The van der Waals surface area contributed by atoms with Gasteiger partial charge in [-0.1, -0.05) is 212 Å². The maximum Gasteiger partial charge on any atom is 0.238 e. The van der Waals surface area contributed by atoms with Gasteiger partial charge in [-0.15, -0.1) is 0 Å². The highest BCUT2D eigenvalue weighted by atomic mass is 15.2. The van der Waals surface area contributed by atoms with Gasteiger partial charge in [-0.05, 0) is 69.8 Å². The van der Waals surface area contributed by atoms with E-state index in [4.69, 9.17) is 15.0 Å². The predicted molar refractivity (Wildman–Crippen MR) is 281 cm³/mol. The third-order valence-corrected chi connectivity index (χ3v) is 13.2. The van der Waals surface area contributed by atoms with Crippen molar-refractivity contribution in [1.29, 1.82) is 0 Å². The number of nitrogens with zero attached hydrogens (tertiary/aromatic N) is 5. The average Bonchev–Trinajstić information content (AvgIpc) is 3.94. The highest BCUT2D eigenvalue weighted by Crippen LogP contribution is 2.42. The lowest BCUT2D eigenvalue weighted by atomic mass is 9.95. The van der Waals surface area contributed by atoms with Gasteiger partial charge in [0.2, 0.25) is 5.95 Å². The van der Waals surface area contributed by atoms with Gasteiger partial charge < -0.3 is 4.57 Å². The normalized spacial score (nSPS) is 11.5. The van der Waals surface area contributed by atoms with Crippen LogP contribution in [0.2, 0.25) is 0 Å². The van der Waals surface area contributed by atoms with Crippen LogP contribution in [-0.2, 0) is 0 Å². The molecule has 0 saturated carbocycles. The van der Waals surface area contributed by atoms with E-state index in [1.54, 1.807) is 0 Å². The van der Waals surface area contributed by atoms with Crippen molar-refractivity contribution in [2.24, 2.45) is 0 Å². The minimum Gasteiger partial charge on any atom is -0.309 e. The van der Waals surface area contributed by atoms with E-state index >= 15 is 0 Å². The largest absolute Gasteiger partial charge is 0.309 e. The number of rotatable bonds is 8. The van der Waals surface area contributed by atoms with Gasteiger partial charge in [0.1, 0.15) is 0 Å². The highest BCUT2D eigenvalue weighted by Gasteiger charge is 2.23. The Morgan fingerprint density at radius 3 is 1.25 bits per heavy atom. The first-order chi connectivity index (χ1) is 33.7. The summed E-state index contributed by atoms with van der Waals surface area (Å²) < 4.78 is 4.65. The summed E-state index contributed by atoms with van der Waals surface area (Å²) in [6.45, 7) is 0. The van der Waals surface area contributed by atoms with Crippen molar-refractivity contribution < 1.29 is 0 Å². The maximum atomic E-state index is 5.51. The Morgan fingerprint density at radius 2 is 0.662 bits per heavy atom. The SMILES string of the molecule is c1ccc(-c2ccc(-c3ccc(-c4nc(-c5ccccc5)nc(-n5c6ccccc6c6cc(-c7ccccc7)cc(-c7ccccc7)c65)n4)cc3-n3c4ccccc4c4ccccc43)cc2)cc1. The van der Waals surface area contributed by atoms with Crippen LogP contribution in [0.3, 0.4) is 0 Å². The molecule has 0 radical (unpaired) electrons. The van der Waals surface area contributed by atoms with Crippen LogP contribution in [0.5, 0.6) is 0 Å². The van der Waals surface area contributed by atoms with Crippen LogP contribution in [-0.4, -0.2) is 24.1 Å². The van der Waals surface area contributed by atoms with Crippen molar-refractivity contribution in [2.75, 3.05) is 0 Å². The molecule has 13 rings (SSSR count). The Bertz CT molecular complexity index is 3930. The Balaban J connectivity index is 1.08. The predicted octanol–water partition coefficient (Wildman–Crippen LogP) is 16.1. The first kappa shape index (κ1) is 39.2. The van der Waals surface area contributed by atoms with E-state index in [1.165, 1.54) is 21.9 Å². The smallest absolute Gasteiger partial charge is 0.238 e. The molecule has 0 atom stereocenters. The Hall–Kier alpha value is -9.19. The number of fused-ring (bicyclic) bond motifs is 6. The molecule has 0 unspecified atom stereocenters. The number of hydrogen-bond donors (Lipinski definition) is 0. The lowest BCUT2D eigenvalue weighted by Crippen LogP contribution is -2.07. The molecule has 0 amide bonds. The summed E-state index contributed by atoms with van der Waals surface area (Å²) in [6.07, 6.45) is 0. The van der Waals surface area contributed by atoms with Crippen LogP contribution < -0.4 is 0 Å². The van der Waals surface area contributed by atoms with Crippen molar-refractivity contribution in [3.05, 3.63) is 249 Å². The summed E-state index contributed by atoms with van der Waals surface area (Å²) in [5, 5.41) is 4.64. The molecule has 68 heavy (non-hydrogen) atoms. The monoisotopic (exact) mass is 867 g/mol. The van der Waals surface area contributed by atoms with Crippen LogP contribution >= 0.6 is 0 Å². The third kappa shape index (κ3) is 6.68. The molecule has 0 aliphatic rings. The summed E-state index contributed by atoms with van der Waals surface area (Å²) in [4.78, 5) is 16.2. The second-order valence-electron chi connectivity index (χ2n) is 17.2. The minimum absolute atomic E-state index is 0.545. The number of hydrogen-bond acceptors (Lipinski definition) is 3. The fraction of sp³-hybridized carbons (Fsp3) is 0. The molecular formula is C63H41N5. The number of aromatic nitrogens is 5. The van der Waals surface area contributed by atoms with Gasteiger partial charge in [-0.3, -0.25) is 4.57 Å². The molecule has 0 aliphatic carbocycles. The van der Waals surface area contributed by atoms with Gasteiger partial charge in [0.05, 0.1) is 27.8 Å². The van der Waals surface area contributed by atoms with E-state index in [1.807, 2.05) is 18.2 Å². The summed E-state index contributed by atoms with van der Waals surface area (Å²) >= 11 is 0. The van der Waals surface area contributed by atoms with Crippen molar-refractivity contribution in [3.8, 4) is 78.9 Å². The van der Waals surface area contributed by atoms with Crippen molar-refractivity contribution in [2.45, 2.75) is 0 Å². The fourth-order valence-electron chi connectivity index (χ4n) is 10.0. The van der Waals surface area contributed by atoms with Gasteiger partial charge in [0, 0.05) is 43.8 Å². The standard InChI is InChI=1S/C63H41N5/c1-5-19-42(20-6-1)44-33-35-46(36-34-44)50-38-37-48(41-59(50)67-56-30-16-13-27-51(56)52-28-14-17-31-57(52)67)62-64-61(47-25-11-4-12-26-47)65-63(66-62)68-58-32-18-15-29-53(58)55-40-49(43-21-7-2-8-22-43)39-54(60(55)68)45-23-9-3-10-24-45/h1-41H. The van der Waals surface area contributed by atoms with Gasteiger partial charge in [0.15, 0.2) is 11.6 Å². The van der Waals surface area contributed by atoms with Crippen LogP contribution in [0, 0.1) is 0 Å². The zero-order chi connectivity index (χ0) is 45.0. The van der Waals surface area contributed by atoms with Crippen LogP contribution in [0.25, 0.3) is 123 Å². The van der Waals surface area contributed by atoms with E-state index in [0.717, 1.165) is 83.0 Å². The third-order valence-electron chi connectivity index (χ3n) is 13.2. The molecule has 13 aromatic rings. The number of para-hydroxylation sites is 3. The second kappa shape index (κ2) is 16.4. The first-order valence-corrected chi connectivity index (χ1v) is 23.0. The van der Waals surface area contributed by atoms with E-state index in [0.29, 0.717) is 17.6 Å². The fourth-order valence-corrected chi connectivity index (χ4v) is 10.0. The molecule has 5 heteroatoms. The molecule has 0 aliphatic heterocycles. The summed E-state index contributed by atoms with van der Waals surface area (Å²) in [6, 6.07) is 88.2. The summed E-state index contributed by atoms with van der Waals surface area (Å²) in [5.74, 6) is 1.72. The van der Waals surface area contributed by atoms with E-state index in [9.17, 15) is 0 Å². The van der Waals surface area contributed by atoms with Gasteiger partial charge >= 0.3 is 0 Å². The highest BCUT2D eigenvalue weighted by molar-refractivity contribution is 6.15. The van der Waals surface area contributed by atoms with Crippen molar-refractivity contribution in [1.82, 2.24) is 24.1 Å². The minimum atomic E-state index is 0.545. The molecule has 318 valence electrons. The summed E-state index contributed by atoms with van der Waals surface area (Å²) in [7, 11) is 0. The van der Waals surface area contributed by atoms with Gasteiger partial charge in [0.25, 0.3) is 0 Å². The van der Waals surface area contributed by atoms with E-state index in [2.05, 4.69) is 240 Å². The molecular weight excluding hydrogens is 827 g/mol. The Labute approximate surface area is 393 Å². The maximum absolute atomic E-state index is 5.51. The number of benzene rings is 10. The molecule has 3 aromatic heterocycles. The van der Waals surface area contributed by atoms with Crippen LogP contribution in [0.15, 0.2) is 249 Å². The Kier molecular flexibility index (Phi) is 9.43. The average molecular weight is 868 g/mol. The van der Waals surface area contributed by atoms with Crippen molar-refractivity contribution >= 4 is 43.6 Å². The van der Waals surface area contributed by atoms with E-state index in [-0.39, 0.29) is 0 Å². The van der Waals surface area contributed by atoms with Crippen LogP contribution in [0.4, 0.5) is 0 Å². The summed E-state index contributed by atoms with van der Waals surface area (Å²) in [5.41, 5.74) is 16.2. The zero-order valence-corrected chi connectivity index (χ0v) is 36.9. The quantitative estimate of drug-likeness (QED) is 0.153. The van der Waals surface area contributed by atoms with E-state index < -0.39 is 0 Å². The van der Waals surface area contributed by atoms with Crippen molar-refractivity contribution in [3.63, 3.8) is 0 Å². The first-order valence-electron chi connectivity index (χ1n) is 23.0. The molecule has 0 saturated heterocycles. The van der Waals surface area contributed by atoms with Crippen LogP contribution in [0.1, 0.15) is 0 Å². The topological polar surface area (TPSA) is 48.5 Å².